The molecule has 1 saturated heterocycles. The summed E-state index contributed by atoms with van der Waals surface area (Å²) in [4.78, 5) is 10.6. The molecule has 3 nitrogen and oxygen atoms in total. The van der Waals surface area contributed by atoms with E-state index in [1.807, 2.05) is 12.3 Å². The molecule has 3 heteroatoms. The van der Waals surface area contributed by atoms with Gasteiger partial charge in [0.05, 0.1) is 5.69 Å². The van der Waals surface area contributed by atoms with E-state index >= 15 is 0 Å². The molecule has 1 aromatic heterocycles. The number of hydrogen-bond acceptors (Lipinski definition) is 3. The van der Waals surface area contributed by atoms with Gasteiger partial charge < -0.3 is 0 Å². The standard InChI is InChI=1S/C10H15N3/c1-9-3-5-13(6-9)7-10-2-4-11-8-12-10/h2,4,8-9H,3,5-7H2,1H3. The quantitative estimate of drug-likeness (QED) is 0.682. The topological polar surface area (TPSA) is 29.0 Å². The fraction of sp³-hybridized carbons (Fsp3) is 0.600. The van der Waals surface area contributed by atoms with Gasteiger partial charge in [-0.15, -0.1) is 0 Å². The Balaban J connectivity index is 1.92. The second-order valence-electron chi connectivity index (χ2n) is 3.83. The molecule has 70 valence electrons. The lowest BCUT2D eigenvalue weighted by molar-refractivity contribution is 0.316. The first-order chi connectivity index (χ1) is 6.34. The molecule has 0 aliphatic carbocycles. The summed E-state index contributed by atoms with van der Waals surface area (Å²) in [6.07, 6.45) is 4.75. The van der Waals surface area contributed by atoms with Gasteiger partial charge >= 0.3 is 0 Å². The van der Waals surface area contributed by atoms with Crippen LogP contribution in [0, 0.1) is 5.92 Å². The highest BCUT2D eigenvalue weighted by Gasteiger charge is 2.18. The third-order valence-corrected chi connectivity index (χ3v) is 2.54. The molecule has 0 bridgehead atoms. The van der Waals surface area contributed by atoms with Crippen molar-refractivity contribution in [3.05, 3.63) is 24.3 Å². The zero-order chi connectivity index (χ0) is 9.10. The first-order valence-corrected chi connectivity index (χ1v) is 4.82. The summed E-state index contributed by atoms with van der Waals surface area (Å²) in [7, 11) is 0. The van der Waals surface area contributed by atoms with E-state index in [-0.39, 0.29) is 0 Å². The first kappa shape index (κ1) is 8.63. The highest BCUT2D eigenvalue weighted by atomic mass is 15.1. The molecule has 1 unspecified atom stereocenters. The molecule has 0 amide bonds. The maximum atomic E-state index is 4.21. The Bertz CT molecular complexity index is 260. The monoisotopic (exact) mass is 177 g/mol. The van der Waals surface area contributed by atoms with Crippen molar-refractivity contribution in [2.45, 2.75) is 19.9 Å². The van der Waals surface area contributed by atoms with Crippen LogP contribution in [0.5, 0.6) is 0 Å². The van der Waals surface area contributed by atoms with E-state index in [0.29, 0.717) is 0 Å². The van der Waals surface area contributed by atoms with Gasteiger partial charge in [0.25, 0.3) is 0 Å². The number of hydrogen-bond donors (Lipinski definition) is 0. The normalized spacial score (nSPS) is 23.6. The Labute approximate surface area is 78.8 Å². The third-order valence-electron chi connectivity index (χ3n) is 2.54. The van der Waals surface area contributed by atoms with Crippen molar-refractivity contribution < 1.29 is 0 Å². The number of aromatic nitrogens is 2. The Morgan fingerprint density at radius 1 is 1.62 bits per heavy atom. The van der Waals surface area contributed by atoms with Crippen LogP contribution in [0.4, 0.5) is 0 Å². The summed E-state index contributed by atoms with van der Waals surface area (Å²) in [6, 6.07) is 1.99. The van der Waals surface area contributed by atoms with E-state index in [2.05, 4.69) is 21.8 Å². The average Bonchev–Trinajstić information content (AvgIpc) is 2.53. The average molecular weight is 177 g/mol. The maximum absolute atomic E-state index is 4.21. The van der Waals surface area contributed by atoms with E-state index in [1.165, 1.54) is 19.5 Å². The van der Waals surface area contributed by atoms with Gasteiger partial charge in [-0.1, -0.05) is 6.92 Å². The minimum absolute atomic E-state index is 0.849. The Morgan fingerprint density at radius 3 is 3.15 bits per heavy atom. The summed E-state index contributed by atoms with van der Waals surface area (Å²) >= 11 is 0. The van der Waals surface area contributed by atoms with Crippen molar-refractivity contribution >= 4 is 0 Å². The predicted molar refractivity (Wildman–Crippen MR) is 51.1 cm³/mol. The van der Waals surface area contributed by atoms with Crippen LogP contribution in [0.3, 0.4) is 0 Å². The molecule has 1 fully saturated rings. The fourth-order valence-corrected chi connectivity index (χ4v) is 1.81. The van der Waals surface area contributed by atoms with Crippen LogP contribution in [0.15, 0.2) is 18.6 Å². The molecule has 0 aromatic carbocycles. The predicted octanol–water partition coefficient (Wildman–Crippen LogP) is 1.32. The van der Waals surface area contributed by atoms with Gasteiger partial charge in [0.1, 0.15) is 6.33 Å². The van der Waals surface area contributed by atoms with E-state index in [1.54, 1.807) is 6.33 Å². The Hall–Kier alpha value is -0.960. The van der Waals surface area contributed by atoms with Gasteiger partial charge in [-0.05, 0) is 24.9 Å². The molecule has 0 saturated carbocycles. The van der Waals surface area contributed by atoms with Crippen LogP contribution >= 0.6 is 0 Å². The number of likely N-dealkylation sites (tertiary alicyclic amines) is 1. The minimum atomic E-state index is 0.849. The summed E-state index contributed by atoms with van der Waals surface area (Å²) in [5.41, 5.74) is 1.13. The second kappa shape index (κ2) is 3.83. The Kier molecular flexibility index (Phi) is 2.54. The van der Waals surface area contributed by atoms with Crippen molar-refractivity contribution in [3.8, 4) is 0 Å². The molecule has 1 aliphatic heterocycles. The van der Waals surface area contributed by atoms with Gasteiger partial charge in [-0.2, -0.15) is 0 Å². The lowest BCUT2D eigenvalue weighted by Gasteiger charge is -2.13. The summed E-state index contributed by atoms with van der Waals surface area (Å²) in [6.45, 7) is 5.71. The van der Waals surface area contributed by atoms with Crippen molar-refractivity contribution in [1.29, 1.82) is 0 Å². The van der Waals surface area contributed by atoms with Crippen LogP contribution in [0.2, 0.25) is 0 Å². The lowest BCUT2D eigenvalue weighted by atomic mass is 10.2. The van der Waals surface area contributed by atoms with Crippen LogP contribution in [-0.4, -0.2) is 28.0 Å². The SMILES string of the molecule is CC1CCN(Cc2ccncn2)C1. The van der Waals surface area contributed by atoms with E-state index < -0.39 is 0 Å². The molecule has 1 atom stereocenters. The van der Waals surface area contributed by atoms with Gasteiger partial charge in [0.15, 0.2) is 0 Å². The second-order valence-corrected chi connectivity index (χ2v) is 3.83. The van der Waals surface area contributed by atoms with E-state index in [9.17, 15) is 0 Å². The van der Waals surface area contributed by atoms with Crippen molar-refractivity contribution in [3.63, 3.8) is 0 Å². The van der Waals surface area contributed by atoms with Crippen LogP contribution in [0.1, 0.15) is 19.0 Å². The summed E-state index contributed by atoms with van der Waals surface area (Å²) in [5, 5.41) is 0. The zero-order valence-electron chi connectivity index (χ0n) is 7.98. The molecular weight excluding hydrogens is 162 g/mol. The highest BCUT2D eigenvalue weighted by molar-refractivity contribution is 4.98. The molecule has 0 spiro atoms. The molecule has 2 heterocycles. The largest absolute Gasteiger partial charge is 0.297 e. The minimum Gasteiger partial charge on any atom is -0.297 e. The lowest BCUT2D eigenvalue weighted by Crippen LogP contribution is -2.20. The maximum Gasteiger partial charge on any atom is 0.115 e. The molecule has 0 radical (unpaired) electrons. The molecule has 1 aliphatic rings. The van der Waals surface area contributed by atoms with Crippen LogP contribution in [-0.2, 0) is 6.54 Å². The molecular formula is C10H15N3. The van der Waals surface area contributed by atoms with E-state index in [0.717, 1.165) is 18.2 Å². The molecule has 0 N–H and O–H groups in total. The van der Waals surface area contributed by atoms with Crippen molar-refractivity contribution in [2.75, 3.05) is 13.1 Å². The van der Waals surface area contributed by atoms with Crippen molar-refractivity contribution in [2.24, 2.45) is 5.92 Å². The van der Waals surface area contributed by atoms with Gasteiger partial charge in [0.2, 0.25) is 0 Å². The molecule has 2 rings (SSSR count). The van der Waals surface area contributed by atoms with Gasteiger partial charge in [-0.3, -0.25) is 4.90 Å². The number of nitrogens with zero attached hydrogens (tertiary/aromatic N) is 3. The van der Waals surface area contributed by atoms with Gasteiger partial charge in [0, 0.05) is 19.3 Å². The third kappa shape index (κ3) is 2.25. The zero-order valence-corrected chi connectivity index (χ0v) is 7.98. The van der Waals surface area contributed by atoms with E-state index in [4.69, 9.17) is 0 Å². The fourth-order valence-electron chi connectivity index (χ4n) is 1.81. The van der Waals surface area contributed by atoms with Crippen LogP contribution < -0.4 is 0 Å². The molecule has 13 heavy (non-hydrogen) atoms. The Morgan fingerprint density at radius 2 is 2.54 bits per heavy atom. The van der Waals surface area contributed by atoms with Gasteiger partial charge in [-0.25, -0.2) is 9.97 Å². The smallest absolute Gasteiger partial charge is 0.115 e. The van der Waals surface area contributed by atoms with Crippen LogP contribution in [0.25, 0.3) is 0 Å². The number of rotatable bonds is 2. The summed E-state index contributed by atoms with van der Waals surface area (Å²) in [5.74, 6) is 0.849. The first-order valence-electron chi connectivity index (χ1n) is 4.82. The summed E-state index contributed by atoms with van der Waals surface area (Å²) < 4.78 is 0. The molecule has 1 aromatic rings. The highest BCUT2D eigenvalue weighted by Crippen LogP contribution is 2.16. The van der Waals surface area contributed by atoms with Crippen molar-refractivity contribution in [1.82, 2.24) is 14.9 Å².